The highest BCUT2D eigenvalue weighted by atomic mass is 19.3. The molecule has 0 radical (unpaired) electrons. The summed E-state index contributed by atoms with van der Waals surface area (Å²) in [5.74, 6) is 1.86. The number of halogens is 2. The number of hydrogen-bond donors (Lipinski definition) is 1. The standard InChI is InChI=1S/C21H28F2N4O2/c1-24-21(26(2)15-16-7-9-17(10-8-16)29-20(22)23)25-14-18(19-6-5-13-28-19)27-11-3-4-12-27/h5-10,13,18,20H,3-4,11-12,14-15H2,1-2H3,(H,24,25). The predicted molar refractivity (Wildman–Crippen MR) is 108 cm³/mol. The number of rotatable bonds is 8. The Morgan fingerprint density at radius 1 is 1.24 bits per heavy atom. The lowest BCUT2D eigenvalue weighted by molar-refractivity contribution is -0.0498. The van der Waals surface area contributed by atoms with Crippen molar-refractivity contribution in [2.45, 2.75) is 32.0 Å². The third-order valence-corrected chi connectivity index (χ3v) is 5.05. The van der Waals surface area contributed by atoms with E-state index in [-0.39, 0.29) is 11.8 Å². The van der Waals surface area contributed by atoms with Gasteiger partial charge in [0.2, 0.25) is 0 Å². The molecule has 6 nitrogen and oxygen atoms in total. The first-order chi connectivity index (χ1) is 14.1. The summed E-state index contributed by atoms with van der Waals surface area (Å²) in [6, 6.07) is 10.7. The molecule has 1 atom stereocenters. The molecular weight excluding hydrogens is 378 g/mol. The van der Waals surface area contributed by atoms with E-state index in [0.29, 0.717) is 13.1 Å². The molecule has 29 heavy (non-hydrogen) atoms. The third-order valence-electron chi connectivity index (χ3n) is 5.05. The Bertz CT molecular complexity index is 759. The number of hydrogen-bond acceptors (Lipinski definition) is 4. The van der Waals surface area contributed by atoms with Gasteiger partial charge in [-0.25, -0.2) is 0 Å². The molecule has 1 aliphatic heterocycles. The van der Waals surface area contributed by atoms with E-state index >= 15 is 0 Å². The lowest BCUT2D eigenvalue weighted by Gasteiger charge is -2.29. The van der Waals surface area contributed by atoms with Crippen molar-refractivity contribution >= 4 is 5.96 Å². The number of ether oxygens (including phenoxy) is 1. The van der Waals surface area contributed by atoms with Gasteiger partial charge < -0.3 is 19.4 Å². The lowest BCUT2D eigenvalue weighted by atomic mass is 10.2. The fourth-order valence-electron chi connectivity index (χ4n) is 3.64. The zero-order valence-electron chi connectivity index (χ0n) is 16.9. The number of furan rings is 1. The number of guanidine groups is 1. The summed E-state index contributed by atoms with van der Waals surface area (Å²) in [5, 5.41) is 3.44. The molecule has 3 rings (SSSR count). The second kappa shape index (κ2) is 10.2. The SMILES string of the molecule is CN=C(NCC(c1ccco1)N1CCCC1)N(C)Cc1ccc(OC(F)F)cc1. The number of nitrogens with one attached hydrogen (secondary N) is 1. The number of alkyl halides is 2. The quantitative estimate of drug-likeness (QED) is 0.535. The minimum absolute atomic E-state index is 0.154. The van der Waals surface area contributed by atoms with Crippen LogP contribution in [0.5, 0.6) is 5.75 Å². The normalized spacial score (nSPS) is 16.2. The average molecular weight is 406 g/mol. The van der Waals surface area contributed by atoms with Gasteiger partial charge in [0.05, 0.1) is 12.3 Å². The van der Waals surface area contributed by atoms with Crippen molar-refractivity contribution in [1.29, 1.82) is 0 Å². The first-order valence-corrected chi connectivity index (χ1v) is 9.80. The van der Waals surface area contributed by atoms with Crippen molar-refractivity contribution in [3.8, 4) is 5.75 Å². The number of benzene rings is 1. The molecule has 1 fully saturated rings. The largest absolute Gasteiger partial charge is 0.468 e. The maximum Gasteiger partial charge on any atom is 0.387 e. The molecule has 0 saturated carbocycles. The van der Waals surface area contributed by atoms with Gasteiger partial charge in [-0.15, -0.1) is 0 Å². The maximum absolute atomic E-state index is 12.3. The maximum atomic E-state index is 12.3. The van der Waals surface area contributed by atoms with Gasteiger partial charge in [0.25, 0.3) is 0 Å². The first-order valence-electron chi connectivity index (χ1n) is 9.80. The molecule has 1 unspecified atom stereocenters. The van der Waals surface area contributed by atoms with E-state index in [4.69, 9.17) is 4.42 Å². The van der Waals surface area contributed by atoms with Gasteiger partial charge in [0.1, 0.15) is 11.5 Å². The second-order valence-electron chi connectivity index (χ2n) is 7.08. The number of aliphatic imine (C=N–C) groups is 1. The van der Waals surface area contributed by atoms with E-state index in [1.165, 1.54) is 12.8 Å². The zero-order valence-corrected chi connectivity index (χ0v) is 16.9. The summed E-state index contributed by atoms with van der Waals surface area (Å²) in [6.07, 6.45) is 4.12. The molecule has 0 aliphatic carbocycles. The molecule has 158 valence electrons. The summed E-state index contributed by atoms with van der Waals surface area (Å²) < 4.78 is 34.6. The molecule has 0 bridgehead atoms. The Morgan fingerprint density at radius 3 is 2.55 bits per heavy atom. The van der Waals surface area contributed by atoms with Crippen LogP contribution < -0.4 is 10.1 Å². The van der Waals surface area contributed by atoms with Gasteiger partial charge in [-0.1, -0.05) is 12.1 Å². The molecule has 1 aromatic heterocycles. The minimum Gasteiger partial charge on any atom is -0.468 e. The van der Waals surface area contributed by atoms with Crippen LogP contribution in [-0.2, 0) is 6.54 Å². The van der Waals surface area contributed by atoms with Crippen molar-refractivity contribution in [2.24, 2.45) is 4.99 Å². The molecular formula is C21H28F2N4O2. The van der Waals surface area contributed by atoms with Gasteiger partial charge in [-0.2, -0.15) is 8.78 Å². The van der Waals surface area contributed by atoms with Crippen LogP contribution in [0.2, 0.25) is 0 Å². The van der Waals surface area contributed by atoms with E-state index in [1.807, 2.05) is 24.1 Å². The lowest BCUT2D eigenvalue weighted by Crippen LogP contribution is -2.43. The van der Waals surface area contributed by atoms with Gasteiger partial charge in [-0.3, -0.25) is 9.89 Å². The van der Waals surface area contributed by atoms with Crippen LogP contribution in [0.3, 0.4) is 0 Å². The molecule has 1 aromatic carbocycles. The molecule has 2 aromatic rings. The molecule has 1 aliphatic rings. The highest BCUT2D eigenvalue weighted by Crippen LogP contribution is 2.25. The van der Waals surface area contributed by atoms with Crippen LogP contribution in [0, 0.1) is 0 Å². The third kappa shape index (κ3) is 5.93. The highest BCUT2D eigenvalue weighted by molar-refractivity contribution is 5.79. The summed E-state index contributed by atoms with van der Waals surface area (Å²) in [5.41, 5.74) is 0.971. The summed E-state index contributed by atoms with van der Waals surface area (Å²) >= 11 is 0. The van der Waals surface area contributed by atoms with E-state index < -0.39 is 6.61 Å². The van der Waals surface area contributed by atoms with Crippen molar-refractivity contribution < 1.29 is 17.9 Å². The molecule has 1 saturated heterocycles. The van der Waals surface area contributed by atoms with E-state index in [2.05, 4.69) is 19.9 Å². The van der Waals surface area contributed by atoms with Crippen LogP contribution in [0.1, 0.15) is 30.2 Å². The van der Waals surface area contributed by atoms with Gasteiger partial charge in [0, 0.05) is 27.2 Å². The van der Waals surface area contributed by atoms with Crippen molar-refractivity contribution in [1.82, 2.24) is 15.1 Å². The molecule has 1 N–H and O–H groups in total. The van der Waals surface area contributed by atoms with E-state index in [9.17, 15) is 8.78 Å². The number of nitrogens with zero attached hydrogens (tertiary/aromatic N) is 3. The Balaban J connectivity index is 1.58. The fourth-order valence-corrected chi connectivity index (χ4v) is 3.64. The minimum atomic E-state index is -2.82. The van der Waals surface area contributed by atoms with Crippen molar-refractivity contribution in [2.75, 3.05) is 33.7 Å². The smallest absolute Gasteiger partial charge is 0.387 e. The van der Waals surface area contributed by atoms with Crippen LogP contribution >= 0.6 is 0 Å². The molecule has 0 amide bonds. The monoisotopic (exact) mass is 406 g/mol. The van der Waals surface area contributed by atoms with Gasteiger partial charge >= 0.3 is 6.61 Å². The van der Waals surface area contributed by atoms with E-state index in [0.717, 1.165) is 30.4 Å². The first kappa shape index (κ1) is 21.1. The van der Waals surface area contributed by atoms with Crippen LogP contribution in [0.25, 0.3) is 0 Å². The summed E-state index contributed by atoms with van der Waals surface area (Å²) in [6.45, 7) is 0.586. The highest BCUT2D eigenvalue weighted by Gasteiger charge is 2.26. The van der Waals surface area contributed by atoms with Crippen LogP contribution in [0.15, 0.2) is 52.1 Å². The Kier molecular flexibility index (Phi) is 7.46. The Labute approximate surface area is 170 Å². The fraction of sp³-hybridized carbons (Fsp3) is 0.476. The number of likely N-dealkylation sites (tertiary alicyclic amines) is 1. The van der Waals surface area contributed by atoms with Crippen molar-refractivity contribution in [3.63, 3.8) is 0 Å². The Hall–Kier alpha value is -2.61. The average Bonchev–Trinajstić information content (AvgIpc) is 3.41. The predicted octanol–water partition coefficient (Wildman–Crippen LogP) is 3.73. The molecule has 8 heteroatoms. The zero-order chi connectivity index (χ0) is 20.6. The van der Waals surface area contributed by atoms with E-state index in [1.54, 1.807) is 37.6 Å². The molecule has 0 spiro atoms. The topological polar surface area (TPSA) is 53.2 Å². The van der Waals surface area contributed by atoms with Gasteiger partial charge in [0.15, 0.2) is 5.96 Å². The van der Waals surface area contributed by atoms with Gasteiger partial charge in [-0.05, 0) is 55.8 Å². The summed E-state index contributed by atoms with van der Waals surface area (Å²) in [4.78, 5) is 8.80. The Morgan fingerprint density at radius 2 is 1.97 bits per heavy atom. The molecule has 2 heterocycles. The van der Waals surface area contributed by atoms with Crippen molar-refractivity contribution in [3.05, 3.63) is 54.0 Å². The summed E-state index contributed by atoms with van der Waals surface area (Å²) in [7, 11) is 3.69. The van der Waals surface area contributed by atoms with Crippen LogP contribution in [-0.4, -0.2) is 56.1 Å². The van der Waals surface area contributed by atoms with Crippen LogP contribution in [0.4, 0.5) is 8.78 Å². The second-order valence-corrected chi connectivity index (χ2v) is 7.08.